The first-order valence-electron chi connectivity index (χ1n) is 8.76. The summed E-state index contributed by atoms with van der Waals surface area (Å²) in [6.07, 6.45) is 5.18. The fourth-order valence-electron chi connectivity index (χ4n) is 2.97. The number of aromatic nitrogens is 3. The standard InChI is InChI=1S/C17H25N7O.HI/c1-3-14-13(15(4-2)25-22-14)12-21-16(18)23-8-10-24(11-9-23)17-19-6-5-7-20-17;/h5-7H,3-4,8-12H2,1-2H3,(H2,18,21);1H. The van der Waals surface area contributed by atoms with E-state index in [0.29, 0.717) is 12.5 Å². The monoisotopic (exact) mass is 471 g/mol. The number of aliphatic imine (C=N–C) groups is 1. The van der Waals surface area contributed by atoms with Gasteiger partial charge in [-0.05, 0) is 12.5 Å². The van der Waals surface area contributed by atoms with E-state index >= 15 is 0 Å². The molecule has 3 heterocycles. The fraction of sp³-hybridized carbons (Fsp3) is 0.529. The molecule has 0 atom stereocenters. The minimum atomic E-state index is 0. The first kappa shape index (κ1) is 20.4. The Balaban J connectivity index is 0.00000243. The van der Waals surface area contributed by atoms with Crippen molar-refractivity contribution in [1.82, 2.24) is 20.0 Å². The van der Waals surface area contributed by atoms with E-state index in [2.05, 4.69) is 43.8 Å². The maximum absolute atomic E-state index is 6.21. The second-order valence-electron chi connectivity index (χ2n) is 5.94. The Bertz CT molecular complexity index is 690. The molecule has 26 heavy (non-hydrogen) atoms. The van der Waals surface area contributed by atoms with Crippen LogP contribution in [0, 0.1) is 0 Å². The summed E-state index contributed by atoms with van der Waals surface area (Å²) in [4.78, 5) is 17.4. The molecule has 1 aliphatic rings. The van der Waals surface area contributed by atoms with E-state index in [0.717, 1.165) is 62.0 Å². The average molecular weight is 471 g/mol. The maximum atomic E-state index is 6.21. The summed E-state index contributed by atoms with van der Waals surface area (Å²) in [5, 5.41) is 4.12. The smallest absolute Gasteiger partial charge is 0.225 e. The van der Waals surface area contributed by atoms with Crippen molar-refractivity contribution in [3.63, 3.8) is 0 Å². The zero-order chi connectivity index (χ0) is 17.6. The summed E-state index contributed by atoms with van der Waals surface area (Å²) in [6.45, 7) is 7.91. The lowest BCUT2D eigenvalue weighted by Crippen LogP contribution is -2.51. The number of piperazine rings is 1. The van der Waals surface area contributed by atoms with Gasteiger partial charge in [-0.2, -0.15) is 0 Å². The van der Waals surface area contributed by atoms with Gasteiger partial charge in [0.15, 0.2) is 5.96 Å². The number of guanidine groups is 1. The minimum Gasteiger partial charge on any atom is -0.370 e. The molecule has 0 aromatic carbocycles. The molecule has 0 aliphatic carbocycles. The Kier molecular flexibility index (Phi) is 7.61. The summed E-state index contributed by atoms with van der Waals surface area (Å²) >= 11 is 0. The average Bonchev–Trinajstić information content (AvgIpc) is 3.09. The van der Waals surface area contributed by atoms with Gasteiger partial charge < -0.3 is 20.1 Å². The summed E-state index contributed by atoms with van der Waals surface area (Å²) in [7, 11) is 0. The first-order chi connectivity index (χ1) is 12.2. The van der Waals surface area contributed by atoms with Gasteiger partial charge in [-0.3, -0.25) is 0 Å². The van der Waals surface area contributed by atoms with Gasteiger partial charge in [-0.15, -0.1) is 24.0 Å². The van der Waals surface area contributed by atoms with E-state index in [4.69, 9.17) is 10.3 Å². The van der Waals surface area contributed by atoms with E-state index in [9.17, 15) is 0 Å². The van der Waals surface area contributed by atoms with Crippen molar-refractivity contribution < 1.29 is 4.52 Å². The van der Waals surface area contributed by atoms with Crippen molar-refractivity contribution in [2.45, 2.75) is 33.2 Å². The molecule has 3 rings (SSSR count). The van der Waals surface area contributed by atoms with Crippen molar-refractivity contribution in [2.24, 2.45) is 10.7 Å². The fourth-order valence-corrected chi connectivity index (χ4v) is 2.97. The number of rotatable bonds is 5. The van der Waals surface area contributed by atoms with E-state index in [-0.39, 0.29) is 24.0 Å². The first-order valence-corrected chi connectivity index (χ1v) is 8.76. The van der Waals surface area contributed by atoms with E-state index in [1.807, 2.05) is 6.07 Å². The third kappa shape index (κ3) is 4.63. The Morgan fingerprint density at radius 3 is 2.46 bits per heavy atom. The van der Waals surface area contributed by atoms with Crippen molar-refractivity contribution >= 4 is 35.9 Å². The topological polar surface area (TPSA) is 96.7 Å². The highest BCUT2D eigenvalue weighted by Crippen LogP contribution is 2.17. The van der Waals surface area contributed by atoms with Crippen LogP contribution < -0.4 is 10.6 Å². The predicted molar refractivity (Wildman–Crippen MR) is 112 cm³/mol. The van der Waals surface area contributed by atoms with Gasteiger partial charge >= 0.3 is 0 Å². The van der Waals surface area contributed by atoms with Crippen LogP contribution in [0.1, 0.15) is 30.9 Å². The molecule has 0 saturated carbocycles. The van der Waals surface area contributed by atoms with Gasteiger partial charge in [0.2, 0.25) is 5.95 Å². The van der Waals surface area contributed by atoms with Crippen molar-refractivity contribution in [3.05, 3.63) is 35.5 Å². The Morgan fingerprint density at radius 1 is 1.15 bits per heavy atom. The Hall–Kier alpha value is -1.91. The highest BCUT2D eigenvalue weighted by molar-refractivity contribution is 14.0. The largest absolute Gasteiger partial charge is 0.370 e. The molecule has 9 heteroatoms. The quantitative estimate of drug-likeness (QED) is 0.404. The van der Waals surface area contributed by atoms with Gasteiger partial charge in [0.1, 0.15) is 5.76 Å². The third-order valence-electron chi connectivity index (χ3n) is 4.44. The molecule has 1 saturated heterocycles. The van der Waals surface area contributed by atoms with E-state index in [1.54, 1.807) is 12.4 Å². The molecule has 2 aromatic heterocycles. The molecule has 0 amide bonds. The van der Waals surface area contributed by atoms with E-state index < -0.39 is 0 Å². The molecule has 0 spiro atoms. The Labute approximate surface area is 170 Å². The second kappa shape index (κ2) is 9.70. The molecule has 1 aliphatic heterocycles. The normalized spacial score (nSPS) is 15.1. The number of nitrogens with zero attached hydrogens (tertiary/aromatic N) is 6. The zero-order valence-electron chi connectivity index (χ0n) is 15.3. The van der Waals surface area contributed by atoms with Gasteiger partial charge in [0, 0.05) is 50.6 Å². The molecule has 0 unspecified atom stereocenters. The maximum Gasteiger partial charge on any atom is 0.225 e. The van der Waals surface area contributed by atoms with Crippen molar-refractivity contribution in [3.8, 4) is 0 Å². The lowest BCUT2D eigenvalue weighted by atomic mass is 10.1. The molecule has 2 N–H and O–H groups in total. The number of hydrogen-bond acceptors (Lipinski definition) is 6. The Morgan fingerprint density at radius 2 is 1.85 bits per heavy atom. The molecular formula is C17H26IN7O. The van der Waals surface area contributed by atoms with Crippen molar-refractivity contribution in [1.29, 1.82) is 0 Å². The van der Waals surface area contributed by atoms with Crippen LogP contribution in [-0.2, 0) is 19.4 Å². The molecule has 8 nitrogen and oxygen atoms in total. The summed E-state index contributed by atoms with van der Waals surface area (Å²) in [6, 6.07) is 1.82. The number of halogens is 1. The SMILES string of the molecule is CCc1noc(CC)c1CN=C(N)N1CCN(c2ncccn2)CC1.I. The number of nitrogens with two attached hydrogens (primary N) is 1. The van der Waals surface area contributed by atoms with Crippen molar-refractivity contribution in [2.75, 3.05) is 31.1 Å². The summed E-state index contributed by atoms with van der Waals surface area (Å²) < 4.78 is 5.38. The van der Waals surface area contributed by atoms with Crippen LogP contribution >= 0.6 is 24.0 Å². The number of aryl methyl sites for hydroxylation is 2. The van der Waals surface area contributed by atoms with Crippen LogP contribution in [0.5, 0.6) is 0 Å². The van der Waals surface area contributed by atoms with Gasteiger partial charge in [-0.1, -0.05) is 19.0 Å². The lowest BCUT2D eigenvalue weighted by Gasteiger charge is -2.35. The number of hydrogen-bond donors (Lipinski definition) is 1. The van der Waals surface area contributed by atoms with Crippen LogP contribution in [0.2, 0.25) is 0 Å². The van der Waals surface area contributed by atoms with Gasteiger partial charge in [0.05, 0.1) is 12.2 Å². The van der Waals surface area contributed by atoms with Crippen LogP contribution in [-0.4, -0.2) is 52.2 Å². The highest BCUT2D eigenvalue weighted by atomic mass is 127. The lowest BCUT2D eigenvalue weighted by molar-refractivity contribution is 0.377. The zero-order valence-corrected chi connectivity index (χ0v) is 17.6. The molecule has 0 bridgehead atoms. The summed E-state index contributed by atoms with van der Waals surface area (Å²) in [5.41, 5.74) is 8.25. The van der Waals surface area contributed by atoms with Crippen LogP contribution in [0.4, 0.5) is 5.95 Å². The second-order valence-corrected chi connectivity index (χ2v) is 5.94. The number of anilines is 1. The third-order valence-corrected chi connectivity index (χ3v) is 4.44. The molecule has 2 aromatic rings. The summed E-state index contributed by atoms with van der Waals surface area (Å²) in [5.74, 6) is 2.24. The molecule has 1 fully saturated rings. The van der Waals surface area contributed by atoms with Crippen LogP contribution in [0.25, 0.3) is 0 Å². The molecule has 142 valence electrons. The van der Waals surface area contributed by atoms with Gasteiger partial charge in [0.25, 0.3) is 0 Å². The van der Waals surface area contributed by atoms with Gasteiger partial charge in [-0.25, -0.2) is 15.0 Å². The minimum absolute atomic E-state index is 0. The predicted octanol–water partition coefficient (Wildman–Crippen LogP) is 1.84. The highest BCUT2D eigenvalue weighted by Gasteiger charge is 2.20. The van der Waals surface area contributed by atoms with Crippen LogP contribution in [0.15, 0.2) is 28.0 Å². The molecular weight excluding hydrogens is 445 g/mol. The molecule has 0 radical (unpaired) electrons. The van der Waals surface area contributed by atoms with E-state index in [1.165, 1.54) is 0 Å². The van der Waals surface area contributed by atoms with Crippen LogP contribution in [0.3, 0.4) is 0 Å².